The second-order valence-electron chi connectivity index (χ2n) is 7.36. The van der Waals surface area contributed by atoms with E-state index in [-0.39, 0.29) is 11.8 Å². The maximum absolute atomic E-state index is 13.2. The number of ether oxygens (including phenoxy) is 2. The Morgan fingerprint density at radius 2 is 1.81 bits per heavy atom. The summed E-state index contributed by atoms with van der Waals surface area (Å²) in [5.41, 5.74) is 4.86. The number of carbonyl (C=O) groups excluding carboxylic acids is 1. The number of nitrogens with zero attached hydrogens (tertiary/aromatic N) is 2. The van der Waals surface area contributed by atoms with Crippen molar-refractivity contribution < 1.29 is 18.7 Å². The van der Waals surface area contributed by atoms with Gasteiger partial charge in [0.2, 0.25) is 0 Å². The van der Waals surface area contributed by atoms with Crippen molar-refractivity contribution in [1.82, 2.24) is 9.78 Å². The molecule has 0 aliphatic carbocycles. The predicted molar refractivity (Wildman–Crippen MR) is 117 cm³/mol. The van der Waals surface area contributed by atoms with Crippen molar-refractivity contribution in [2.45, 2.75) is 19.4 Å². The van der Waals surface area contributed by atoms with Gasteiger partial charge in [-0.3, -0.25) is 9.48 Å². The SMILES string of the molecule is COC(=O)CCc1ccc(OCc2ccc(F)cc2)c(-c2ccc3c(cnn3C)c2)c1. The Morgan fingerprint density at radius 1 is 1.03 bits per heavy atom. The molecule has 0 N–H and O–H groups in total. The van der Waals surface area contributed by atoms with Crippen LogP contribution >= 0.6 is 0 Å². The Bertz CT molecular complexity index is 1220. The van der Waals surface area contributed by atoms with Crippen molar-refractivity contribution in [2.75, 3.05) is 7.11 Å². The lowest BCUT2D eigenvalue weighted by atomic mass is 9.99. The van der Waals surface area contributed by atoms with E-state index in [2.05, 4.69) is 11.2 Å². The quantitative estimate of drug-likeness (QED) is 0.394. The predicted octanol–water partition coefficient (Wildman–Crippen LogP) is 5.06. The Balaban J connectivity index is 1.66. The Kier molecular flexibility index (Phi) is 5.98. The molecule has 0 amide bonds. The molecule has 0 fully saturated rings. The summed E-state index contributed by atoms with van der Waals surface area (Å²) in [6.45, 7) is 0.323. The minimum absolute atomic E-state index is 0.241. The number of aromatic nitrogens is 2. The van der Waals surface area contributed by atoms with Crippen LogP contribution in [0.1, 0.15) is 17.5 Å². The molecule has 0 radical (unpaired) electrons. The van der Waals surface area contributed by atoms with E-state index in [1.165, 1.54) is 19.2 Å². The van der Waals surface area contributed by atoms with Crippen molar-refractivity contribution in [3.05, 3.63) is 83.8 Å². The summed E-state index contributed by atoms with van der Waals surface area (Å²) in [6, 6.07) is 18.3. The molecule has 158 valence electrons. The first-order valence-electron chi connectivity index (χ1n) is 10.0. The van der Waals surface area contributed by atoms with Gasteiger partial charge >= 0.3 is 5.97 Å². The molecule has 0 bridgehead atoms. The maximum atomic E-state index is 13.2. The summed E-state index contributed by atoms with van der Waals surface area (Å²) in [5.74, 6) is 0.202. The number of hydrogen-bond acceptors (Lipinski definition) is 4. The van der Waals surface area contributed by atoms with E-state index < -0.39 is 0 Å². The van der Waals surface area contributed by atoms with Crippen LogP contribution in [-0.2, 0) is 29.6 Å². The van der Waals surface area contributed by atoms with Gasteiger partial charge in [0.15, 0.2) is 0 Å². The van der Waals surface area contributed by atoms with E-state index in [0.29, 0.717) is 19.4 Å². The summed E-state index contributed by atoms with van der Waals surface area (Å²) in [6.07, 6.45) is 2.72. The van der Waals surface area contributed by atoms with Gasteiger partial charge in [-0.05, 0) is 59.5 Å². The second kappa shape index (κ2) is 9.00. The average Bonchev–Trinajstić information content (AvgIpc) is 3.17. The normalized spacial score (nSPS) is 10.9. The van der Waals surface area contributed by atoms with Gasteiger partial charge in [-0.15, -0.1) is 0 Å². The van der Waals surface area contributed by atoms with Crippen LogP contribution in [-0.4, -0.2) is 22.9 Å². The van der Waals surface area contributed by atoms with Crippen molar-refractivity contribution in [2.24, 2.45) is 7.05 Å². The van der Waals surface area contributed by atoms with Gasteiger partial charge in [-0.25, -0.2) is 4.39 Å². The van der Waals surface area contributed by atoms with Crippen LogP contribution in [0.4, 0.5) is 4.39 Å². The molecule has 31 heavy (non-hydrogen) atoms. The zero-order chi connectivity index (χ0) is 21.8. The average molecular weight is 418 g/mol. The van der Waals surface area contributed by atoms with Crippen molar-refractivity contribution >= 4 is 16.9 Å². The molecule has 4 rings (SSSR count). The molecule has 0 unspecified atom stereocenters. The third-order valence-electron chi connectivity index (χ3n) is 5.25. The number of carbonyl (C=O) groups is 1. The van der Waals surface area contributed by atoms with Crippen molar-refractivity contribution in [3.63, 3.8) is 0 Å². The fourth-order valence-electron chi connectivity index (χ4n) is 3.51. The van der Waals surface area contributed by atoms with Gasteiger partial charge in [-0.1, -0.05) is 24.3 Å². The lowest BCUT2D eigenvalue weighted by Crippen LogP contribution is -2.02. The lowest BCUT2D eigenvalue weighted by Gasteiger charge is -2.14. The number of methoxy groups -OCH3 is 1. The van der Waals surface area contributed by atoms with Crippen molar-refractivity contribution in [3.8, 4) is 16.9 Å². The molecule has 0 aliphatic heterocycles. The van der Waals surface area contributed by atoms with E-state index in [1.807, 2.05) is 48.3 Å². The Morgan fingerprint density at radius 3 is 2.58 bits per heavy atom. The number of benzene rings is 3. The minimum Gasteiger partial charge on any atom is -0.488 e. The van der Waals surface area contributed by atoms with Gasteiger partial charge in [-0.2, -0.15) is 5.10 Å². The largest absolute Gasteiger partial charge is 0.488 e. The molecule has 0 aliphatic rings. The highest BCUT2D eigenvalue weighted by Crippen LogP contribution is 2.34. The molecule has 1 aromatic heterocycles. The summed E-state index contributed by atoms with van der Waals surface area (Å²) in [7, 11) is 3.30. The van der Waals surface area contributed by atoms with E-state index in [4.69, 9.17) is 9.47 Å². The molecule has 4 aromatic rings. The van der Waals surface area contributed by atoms with Crippen LogP contribution in [0, 0.1) is 5.82 Å². The number of rotatable bonds is 7. The van der Waals surface area contributed by atoms with Crippen molar-refractivity contribution in [1.29, 1.82) is 0 Å². The molecular weight excluding hydrogens is 395 g/mol. The molecule has 3 aromatic carbocycles. The Hall–Kier alpha value is -3.67. The van der Waals surface area contributed by atoms with Gasteiger partial charge in [0, 0.05) is 24.4 Å². The first kappa shape index (κ1) is 20.6. The van der Waals surface area contributed by atoms with Crippen LogP contribution in [0.3, 0.4) is 0 Å². The monoisotopic (exact) mass is 418 g/mol. The fourth-order valence-corrected chi connectivity index (χ4v) is 3.51. The zero-order valence-corrected chi connectivity index (χ0v) is 17.5. The van der Waals surface area contributed by atoms with Crippen LogP contribution in [0.5, 0.6) is 5.75 Å². The molecule has 0 spiro atoms. The molecule has 0 saturated carbocycles. The lowest BCUT2D eigenvalue weighted by molar-refractivity contribution is -0.140. The first-order valence-corrected chi connectivity index (χ1v) is 10.0. The highest BCUT2D eigenvalue weighted by atomic mass is 19.1. The molecule has 0 atom stereocenters. The fraction of sp³-hybridized carbons (Fsp3) is 0.200. The summed E-state index contributed by atoms with van der Waals surface area (Å²) >= 11 is 0. The topological polar surface area (TPSA) is 53.4 Å². The van der Waals surface area contributed by atoms with Crippen LogP contribution in [0.15, 0.2) is 66.9 Å². The number of halogens is 1. The second-order valence-corrected chi connectivity index (χ2v) is 7.36. The van der Waals surface area contributed by atoms with Gasteiger partial charge in [0.05, 0.1) is 18.8 Å². The zero-order valence-electron chi connectivity index (χ0n) is 17.5. The highest BCUT2D eigenvalue weighted by Gasteiger charge is 2.12. The van der Waals surface area contributed by atoms with Crippen LogP contribution < -0.4 is 4.74 Å². The van der Waals surface area contributed by atoms with E-state index in [9.17, 15) is 9.18 Å². The van der Waals surface area contributed by atoms with Gasteiger partial charge in [0.25, 0.3) is 0 Å². The third kappa shape index (κ3) is 4.74. The number of fused-ring (bicyclic) bond motifs is 1. The minimum atomic E-state index is -0.274. The van der Waals surface area contributed by atoms with Crippen LogP contribution in [0.25, 0.3) is 22.0 Å². The van der Waals surface area contributed by atoms with E-state index in [0.717, 1.165) is 38.9 Å². The third-order valence-corrected chi connectivity index (χ3v) is 5.25. The summed E-state index contributed by atoms with van der Waals surface area (Å²) in [4.78, 5) is 11.6. The standard InChI is InChI=1S/C25H23FN2O3/c1-28-23-10-7-19(14-20(23)15-27-28)22-13-17(6-12-25(29)30-2)5-11-24(22)31-16-18-3-8-21(26)9-4-18/h3-5,7-11,13-15H,6,12,16H2,1-2H3. The van der Waals surface area contributed by atoms with Gasteiger partial charge in [0.1, 0.15) is 18.2 Å². The van der Waals surface area contributed by atoms with Gasteiger partial charge < -0.3 is 9.47 Å². The highest BCUT2D eigenvalue weighted by molar-refractivity contribution is 5.86. The first-order chi connectivity index (χ1) is 15.0. The number of hydrogen-bond donors (Lipinski definition) is 0. The van der Waals surface area contributed by atoms with Crippen LogP contribution in [0.2, 0.25) is 0 Å². The van der Waals surface area contributed by atoms with E-state index >= 15 is 0 Å². The Labute approximate surface area is 180 Å². The molecule has 0 saturated heterocycles. The summed E-state index contributed by atoms with van der Waals surface area (Å²) in [5, 5.41) is 5.35. The molecular formula is C25H23FN2O3. The number of aryl methyl sites for hydroxylation is 2. The molecule has 6 heteroatoms. The summed E-state index contributed by atoms with van der Waals surface area (Å²) < 4.78 is 25.9. The molecule has 5 nitrogen and oxygen atoms in total. The molecule has 1 heterocycles. The smallest absolute Gasteiger partial charge is 0.305 e. The van der Waals surface area contributed by atoms with E-state index in [1.54, 1.807) is 12.1 Å². The maximum Gasteiger partial charge on any atom is 0.305 e. The number of esters is 1.